The van der Waals surface area contributed by atoms with Gasteiger partial charge in [-0.2, -0.15) is 0 Å². The van der Waals surface area contributed by atoms with Crippen LogP contribution in [0, 0.1) is 0 Å². The average molecular weight is 218 g/mol. The Kier molecular flexibility index (Phi) is 2.37. The van der Waals surface area contributed by atoms with E-state index in [2.05, 4.69) is 5.32 Å². The van der Waals surface area contributed by atoms with E-state index >= 15 is 0 Å². The second-order valence-electron chi connectivity index (χ2n) is 3.12. The van der Waals surface area contributed by atoms with Gasteiger partial charge in [-0.25, -0.2) is 0 Å². The molecule has 1 aliphatic heterocycles. The van der Waals surface area contributed by atoms with E-state index in [-0.39, 0.29) is 11.8 Å². The first-order valence-corrected chi connectivity index (χ1v) is 4.85. The normalized spacial score (nSPS) is 21.2. The molecular formula is C9H9Cl2NO. The number of rotatable bonds is 1. The van der Waals surface area contributed by atoms with Crippen molar-refractivity contribution in [1.82, 2.24) is 5.32 Å². The van der Waals surface area contributed by atoms with Crippen molar-refractivity contribution in [2.75, 3.05) is 6.54 Å². The summed E-state index contributed by atoms with van der Waals surface area (Å²) in [6.07, 6.45) is 1.03. The molecule has 1 aromatic rings. The van der Waals surface area contributed by atoms with E-state index in [1.807, 2.05) is 0 Å². The van der Waals surface area contributed by atoms with Crippen LogP contribution in [-0.2, 0) is 0 Å². The van der Waals surface area contributed by atoms with E-state index in [0.29, 0.717) is 10.0 Å². The number of phenols is 1. The molecule has 1 aromatic carbocycles. The van der Waals surface area contributed by atoms with Gasteiger partial charge < -0.3 is 10.4 Å². The number of hydrogen-bond acceptors (Lipinski definition) is 2. The van der Waals surface area contributed by atoms with Crippen LogP contribution >= 0.6 is 23.2 Å². The van der Waals surface area contributed by atoms with Gasteiger partial charge in [-0.1, -0.05) is 23.2 Å². The molecule has 4 heteroatoms. The Morgan fingerprint density at radius 1 is 1.31 bits per heavy atom. The highest BCUT2D eigenvalue weighted by Gasteiger charge is 2.22. The summed E-state index contributed by atoms with van der Waals surface area (Å²) in [5.74, 6) is 0.214. The molecule has 1 unspecified atom stereocenters. The average Bonchev–Trinajstić information content (AvgIpc) is 1.96. The summed E-state index contributed by atoms with van der Waals surface area (Å²) in [5, 5.41) is 13.6. The molecule has 0 saturated carbocycles. The standard InChI is InChI=1S/C9H9Cl2NO/c10-6-3-5(8-1-2-12-8)9(13)4-7(6)11/h3-4,8,12-13H,1-2H2. The minimum Gasteiger partial charge on any atom is -0.508 e. The number of nitrogens with one attached hydrogen (secondary N) is 1. The Labute approximate surface area is 86.5 Å². The lowest BCUT2D eigenvalue weighted by Gasteiger charge is -2.28. The zero-order chi connectivity index (χ0) is 9.42. The monoisotopic (exact) mass is 217 g/mol. The van der Waals surface area contributed by atoms with Gasteiger partial charge in [-0.3, -0.25) is 0 Å². The van der Waals surface area contributed by atoms with Gasteiger partial charge in [0.2, 0.25) is 0 Å². The van der Waals surface area contributed by atoms with Gasteiger partial charge in [0, 0.05) is 17.7 Å². The van der Waals surface area contributed by atoms with Crippen LogP contribution in [0.5, 0.6) is 5.75 Å². The molecule has 1 fully saturated rings. The van der Waals surface area contributed by atoms with Gasteiger partial charge in [0.25, 0.3) is 0 Å². The Bertz CT molecular complexity index is 337. The van der Waals surface area contributed by atoms with Crippen LogP contribution in [-0.4, -0.2) is 11.7 Å². The second-order valence-corrected chi connectivity index (χ2v) is 3.93. The van der Waals surface area contributed by atoms with E-state index in [1.54, 1.807) is 6.07 Å². The minimum absolute atomic E-state index is 0.214. The van der Waals surface area contributed by atoms with Crippen LogP contribution < -0.4 is 5.32 Å². The Morgan fingerprint density at radius 3 is 2.46 bits per heavy atom. The highest BCUT2D eigenvalue weighted by molar-refractivity contribution is 6.42. The summed E-state index contributed by atoms with van der Waals surface area (Å²) in [7, 11) is 0. The molecule has 0 aliphatic carbocycles. The third-order valence-corrected chi connectivity index (χ3v) is 2.99. The van der Waals surface area contributed by atoms with Crippen LogP contribution in [0.3, 0.4) is 0 Å². The third-order valence-electron chi connectivity index (χ3n) is 2.27. The molecule has 0 aromatic heterocycles. The van der Waals surface area contributed by atoms with Crippen LogP contribution in [0.25, 0.3) is 0 Å². The summed E-state index contributed by atoms with van der Waals surface area (Å²) in [5.41, 5.74) is 0.834. The van der Waals surface area contributed by atoms with Crippen molar-refractivity contribution in [3.63, 3.8) is 0 Å². The summed E-state index contributed by atoms with van der Waals surface area (Å²) in [4.78, 5) is 0. The highest BCUT2D eigenvalue weighted by atomic mass is 35.5. The summed E-state index contributed by atoms with van der Waals surface area (Å²) in [6, 6.07) is 3.43. The molecule has 2 rings (SSSR count). The molecule has 2 N–H and O–H groups in total. The van der Waals surface area contributed by atoms with Crippen LogP contribution in [0.15, 0.2) is 12.1 Å². The van der Waals surface area contributed by atoms with E-state index in [1.165, 1.54) is 6.07 Å². The van der Waals surface area contributed by atoms with E-state index in [0.717, 1.165) is 18.5 Å². The number of aromatic hydroxyl groups is 1. The van der Waals surface area contributed by atoms with Gasteiger partial charge >= 0.3 is 0 Å². The lowest BCUT2D eigenvalue weighted by atomic mass is 9.97. The fraction of sp³-hybridized carbons (Fsp3) is 0.333. The molecule has 0 bridgehead atoms. The molecule has 1 atom stereocenters. The molecular weight excluding hydrogens is 209 g/mol. The molecule has 70 valence electrons. The zero-order valence-corrected chi connectivity index (χ0v) is 8.36. The van der Waals surface area contributed by atoms with Gasteiger partial charge in [0.05, 0.1) is 10.0 Å². The van der Waals surface area contributed by atoms with E-state index in [9.17, 15) is 5.11 Å². The molecule has 1 aliphatic rings. The number of halogens is 2. The number of benzene rings is 1. The fourth-order valence-electron chi connectivity index (χ4n) is 1.38. The first-order valence-electron chi connectivity index (χ1n) is 4.10. The maximum absolute atomic E-state index is 9.57. The van der Waals surface area contributed by atoms with Crippen molar-refractivity contribution >= 4 is 23.2 Å². The van der Waals surface area contributed by atoms with Gasteiger partial charge in [0.15, 0.2) is 0 Å². The largest absolute Gasteiger partial charge is 0.508 e. The second kappa shape index (κ2) is 3.37. The summed E-state index contributed by atoms with van der Waals surface area (Å²) >= 11 is 11.6. The predicted octanol–water partition coefficient (Wildman–Crippen LogP) is 2.73. The van der Waals surface area contributed by atoms with Crippen LogP contribution in [0.1, 0.15) is 18.0 Å². The van der Waals surface area contributed by atoms with Gasteiger partial charge in [0.1, 0.15) is 5.75 Å². The molecule has 13 heavy (non-hydrogen) atoms. The lowest BCUT2D eigenvalue weighted by molar-refractivity contribution is 0.364. The van der Waals surface area contributed by atoms with Crippen LogP contribution in [0.2, 0.25) is 10.0 Å². The smallest absolute Gasteiger partial charge is 0.121 e. The van der Waals surface area contributed by atoms with Crippen molar-refractivity contribution in [3.8, 4) is 5.75 Å². The molecule has 0 radical (unpaired) electrons. The SMILES string of the molecule is Oc1cc(Cl)c(Cl)cc1C1CCN1. The minimum atomic E-state index is 0.214. The van der Waals surface area contributed by atoms with E-state index in [4.69, 9.17) is 23.2 Å². The van der Waals surface area contributed by atoms with Crippen molar-refractivity contribution in [2.45, 2.75) is 12.5 Å². The lowest BCUT2D eigenvalue weighted by Crippen LogP contribution is -2.34. The van der Waals surface area contributed by atoms with Gasteiger partial charge in [-0.15, -0.1) is 0 Å². The van der Waals surface area contributed by atoms with E-state index < -0.39 is 0 Å². The number of phenolic OH excluding ortho intramolecular Hbond substituents is 1. The topological polar surface area (TPSA) is 32.3 Å². The maximum atomic E-state index is 9.57. The molecule has 2 nitrogen and oxygen atoms in total. The Balaban J connectivity index is 2.39. The quantitative estimate of drug-likeness (QED) is 0.759. The van der Waals surface area contributed by atoms with Gasteiger partial charge in [-0.05, 0) is 19.0 Å². The summed E-state index contributed by atoms with van der Waals surface area (Å²) in [6.45, 7) is 0.990. The molecule has 1 saturated heterocycles. The predicted molar refractivity (Wildman–Crippen MR) is 53.5 cm³/mol. The van der Waals surface area contributed by atoms with Crippen molar-refractivity contribution in [1.29, 1.82) is 0 Å². The molecule has 0 amide bonds. The summed E-state index contributed by atoms with van der Waals surface area (Å²) < 4.78 is 0. The molecule has 1 heterocycles. The first-order chi connectivity index (χ1) is 6.18. The van der Waals surface area contributed by atoms with Crippen molar-refractivity contribution < 1.29 is 5.11 Å². The zero-order valence-electron chi connectivity index (χ0n) is 6.85. The Morgan fingerprint density at radius 2 is 1.92 bits per heavy atom. The molecule has 0 spiro atoms. The fourth-order valence-corrected chi connectivity index (χ4v) is 1.71. The maximum Gasteiger partial charge on any atom is 0.121 e. The van der Waals surface area contributed by atoms with Crippen molar-refractivity contribution in [3.05, 3.63) is 27.7 Å². The third kappa shape index (κ3) is 1.62. The van der Waals surface area contributed by atoms with Crippen LogP contribution in [0.4, 0.5) is 0 Å². The number of hydrogen-bond donors (Lipinski definition) is 2. The highest BCUT2D eigenvalue weighted by Crippen LogP contribution is 2.36. The first kappa shape index (κ1) is 9.13. The Hall–Kier alpha value is -0.440. The van der Waals surface area contributed by atoms with Crippen molar-refractivity contribution in [2.24, 2.45) is 0 Å².